The van der Waals surface area contributed by atoms with E-state index in [1.54, 1.807) is 6.92 Å². The quantitative estimate of drug-likeness (QED) is 0.400. The predicted octanol–water partition coefficient (Wildman–Crippen LogP) is 3.67. The number of alkyl halides is 3. The summed E-state index contributed by atoms with van der Waals surface area (Å²) in [5, 5.41) is 16.9. The number of hydrogen-bond donors (Lipinski definition) is 2. The highest BCUT2D eigenvalue weighted by Gasteiger charge is 2.32. The number of carboxylic acids is 1. The maximum Gasteiger partial charge on any atom is 0.573 e. The van der Waals surface area contributed by atoms with Crippen molar-refractivity contribution in [1.82, 2.24) is 29.5 Å². The fraction of sp³-hybridized carbons (Fsp3) is 0.211. The molecule has 15 heteroatoms. The summed E-state index contributed by atoms with van der Waals surface area (Å²) >= 11 is 5.97. The number of ether oxygens (including phenoxy) is 1. The Bertz CT molecular complexity index is 1420. The Hall–Kier alpha value is -3.52. The number of aromatic carboxylic acids is 1. The summed E-state index contributed by atoms with van der Waals surface area (Å²) in [5.41, 5.74) is 0.171. The lowest BCUT2D eigenvalue weighted by Crippen LogP contribution is -2.20. The number of halogens is 4. The number of carboxylic acid groups (broad SMARTS) is 1. The Morgan fingerprint density at radius 1 is 1.29 bits per heavy atom. The van der Waals surface area contributed by atoms with Gasteiger partial charge in [0.2, 0.25) is 5.95 Å². The van der Waals surface area contributed by atoms with Crippen LogP contribution < -0.4 is 10.3 Å². The van der Waals surface area contributed by atoms with Gasteiger partial charge in [-0.2, -0.15) is 23.7 Å². The van der Waals surface area contributed by atoms with Crippen molar-refractivity contribution < 1.29 is 27.8 Å². The molecule has 0 aliphatic rings. The second-order valence-electron chi connectivity index (χ2n) is 6.85. The third kappa shape index (κ3) is 4.87. The monoisotopic (exact) mass is 516 g/mol. The summed E-state index contributed by atoms with van der Waals surface area (Å²) in [6.07, 6.45) is -0.808. The topological polar surface area (TPSA) is 128 Å². The van der Waals surface area contributed by atoms with Crippen LogP contribution in [0.5, 0.6) is 5.75 Å². The molecule has 0 unspecified atom stereocenters. The molecule has 1 aromatic carbocycles. The minimum Gasteiger partial charge on any atom is -0.478 e. The first-order valence-corrected chi connectivity index (χ1v) is 9.76. The molecule has 4 aromatic rings. The Balaban J connectivity index is 0.00000324. The Morgan fingerprint density at radius 2 is 2.03 bits per heavy atom. The van der Waals surface area contributed by atoms with E-state index in [9.17, 15) is 22.8 Å². The van der Waals surface area contributed by atoms with Gasteiger partial charge in [0.1, 0.15) is 11.3 Å². The number of aromatic amines is 1. The minimum atomic E-state index is -4.88. The predicted molar refractivity (Wildman–Crippen MR) is 119 cm³/mol. The molecule has 0 aliphatic carbocycles. The molecular formula is C19H16ClF3N6O4S. The molecular weight excluding hydrogens is 501 g/mol. The third-order valence-corrected chi connectivity index (χ3v) is 5.03. The zero-order chi connectivity index (χ0) is 23.9. The van der Waals surface area contributed by atoms with E-state index in [4.69, 9.17) is 16.7 Å². The zero-order valence-electron chi connectivity index (χ0n) is 17.2. The molecule has 0 bridgehead atoms. The molecule has 10 nitrogen and oxygen atoms in total. The van der Waals surface area contributed by atoms with E-state index in [0.717, 1.165) is 16.9 Å². The number of aromatic nitrogens is 6. The SMILES string of the molecule is CC[C@@H](c1ccc(OC(F)(F)F)c(Cl)c1)n1ncc2nc(-n3cc(C(=O)O)cn3)[nH]c(=O)c21.S. The summed E-state index contributed by atoms with van der Waals surface area (Å²) in [5.74, 6) is -1.74. The highest BCUT2D eigenvalue weighted by atomic mass is 35.5. The van der Waals surface area contributed by atoms with Crippen molar-refractivity contribution in [2.45, 2.75) is 25.7 Å². The van der Waals surface area contributed by atoms with Crippen molar-refractivity contribution in [3.05, 3.63) is 63.3 Å². The van der Waals surface area contributed by atoms with Crippen LogP contribution in [0.1, 0.15) is 35.3 Å². The van der Waals surface area contributed by atoms with Gasteiger partial charge in [-0.25, -0.2) is 14.5 Å². The van der Waals surface area contributed by atoms with Crippen LogP contribution in [-0.4, -0.2) is 47.0 Å². The van der Waals surface area contributed by atoms with Gasteiger partial charge in [0.05, 0.1) is 29.0 Å². The molecule has 34 heavy (non-hydrogen) atoms. The Kier molecular flexibility index (Phi) is 6.93. The van der Waals surface area contributed by atoms with Gasteiger partial charge in [-0.1, -0.05) is 24.6 Å². The standard InChI is InChI=1S/C19H14ClF3N6O4.H2S/c1-2-13(9-3-4-14(11(20)5-9)33-19(21,22)23)29-15-12(7-25-29)26-18(27-16(15)30)28-8-10(6-24-28)17(31)32;/h3-8,13H,2H2,1H3,(H,31,32)(H,26,27,30);1H2/t13-;/m0./s1. The van der Waals surface area contributed by atoms with Gasteiger partial charge < -0.3 is 9.84 Å². The van der Waals surface area contributed by atoms with Gasteiger partial charge in [0.25, 0.3) is 5.56 Å². The number of H-pyrrole nitrogens is 1. The number of nitrogens with one attached hydrogen (secondary N) is 1. The van der Waals surface area contributed by atoms with Crippen LogP contribution in [0.2, 0.25) is 5.02 Å². The fourth-order valence-electron chi connectivity index (χ4n) is 3.33. The number of carbonyl (C=O) groups is 1. The van der Waals surface area contributed by atoms with Crippen molar-refractivity contribution >= 4 is 42.1 Å². The molecule has 0 spiro atoms. The molecule has 3 aromatic heterocycles. The molecule has 0 aliphatic heterocycles. The van der Waals surface area contributed by atoms with Gasteiger partial charge in [0, 0.05) is 6.20 Å². The van der Waals surface area contributed by atoms with E-state index in [0.29, 0.717) is 12.0 Å². The number of nitrogens with zero attached hydrogens (tertiary/aromatic N) is 5. The average molecular weight is 517 g/mol. The maximum atomic E-state index is 12.8. The summed E-state index contributed by atoms with van der Waals surface area (Å²) in [4.78, 5) is 30.7. The number of fused-ring (bicyclic) bond motifs is 1. The maximum absolute atomic E-state index is 12.8. The van der Waals surface area contributed by atoms with Gasteiger partial charge in [0.15, 0.2) is 5.52 Å². The molecule has 0 fully saturated rings. The van der Waals surface area contributed by atoms with Crippen molar-refractivity contribution in [3.63, 3.8) is 0 Å². The largest absolute Gasteiger partial charge is 0.573 e. The molecule has 0 amide bonds. The minimum absolute atomic E-state index is 0. The van der Waals surface area contributed by atoms with Gasteiger partial charge in [-0.05, 0) is 24.1 Å². The number of rotatable bonds is 6. The van der Waals surface area contributed by atoms with Gasteiger partial charge >= 0.3 is 12.3 Å². The van der Waals surface area contributed by atoms with Crippen LogP contribution >= 0.6 is 25.1 Å². The van der Waals surface area contributed by atoms with E-state index >= 15 is 0 Å². The van der Waals surface area contributed by atoms with Gasteiger partial charge in [-0.3, -0.25) is 14.5 Å². The van der Waals surface area contributed by atoms with Gasteiger partial charge in [-0.15, -0.1) is 13.2 Å². The van der Waals surface area contributed by atoms with Crippen molar-refractivity contribution in [2.24, 2.45) is 0 Å². The number of benzene rings is 1. The lowest BCUT2D eigenvalue weighted by molar-refractivity contribution is -0.274. The molecule has 3 heterocycles. The second kappa shape index (κ2) is 9.38. The van der Waals surface area contributed by atoms with Crippen molar-refractivity contribution in [2.75, 3.05) is 0 Å². The van der Waals surface area contributed by atoms with Crippen LogP contribution in [-0.2, 0) is 0 Å². The van der Waals surface area contributed by atoms with Crippen molar-refractivity contribution in [3.8, 4) is 11.7 Å². The highest BCUT2D eigenvalue weighted by molar-refractivity contribution is 7.59. The molecule has 4 rings (SSSR count). The van der Waals surface area contributed by atoms with Crippen molar-refractivity contribution in [1.29, 1.82) is 0 Å². The van der Waals surface area contributed by atoms with Crippen LogP contribution in [0.25, 0.3) is 17.0 Å². The summed E-state index contributed by atoms with van der Waals surface area (Å²) in [6, 6.07) is 3.27. The van der Waals surface area contributed by atoms with Crippen LogP contribution in [0.4, 0.5) is 13.2 Å². The lowest BCUT2D eigenvalue weighted by atomic mass is 10.0. The Morgan fingerprint density at radius 3 is 2.62 bits per heavy atom. The molecule has 0 saturated carbocycles. The fourth-order valence-corrected chi connectivity index (χ4v) is 3.56. The molecule has 1 atom stereocenters. The summed E-state index contributed by atoms with van der Waals surface area (Å²) in [6.45, 7) is 1.80. The summed E-state index contributed by atoms with van der Waals surface area (Å²) < 4.78 is 43.9. The first kappa shape index (κ1) is 25.1. The lowest BCUT2D eigenvalue weighted by Gasteiger charge is -2.18. The average Bonchev–Trinajstić information content (AvgIpc) is 3.38. The third-order valence-electron chi connectivity index (χ3n) is 4.74. The van der Waals surface area contributed by atoms with Crippen LogP contribution in [0.3, 0.4) is 0 Å². The normalized spacial score (nSPS) is 12.4. The zero-order valence-corrected chi connectivity index (χ0v) is 18.9. The highest BCUT2D eigenvalue weighted by Crippen LogP contribution is 2.34. The van der Waals surface area contributed by atoms with E-state index in [1.807, 2.05) is 0 Å². The second-order valence-corrected chi connectivity index (χ2v) is 7.26. The number of hydrogen-bond acceptors (Lipinski definition) is 6. The van der Waals surface area contributed by atoms with E-state index in [-0.39, 0.29) is 41.1 Å². The van der Waals surface area contributed by atoms with E-state index in [1.165, 1.54) is 29.2 Å². The molecule has 180 valence electrons. The van der Waals surface area contributed by atoms with Crippen LogP contribution in [0.15, 0.2) is 41.6 Å². The van der Waals surface area contributed by atoms with E-state index < -0.39 is 29.7 Å². The molecule has 0 saturated heterocycles. The smallest absolute Gasteiger partial charge is 0.478 e. The van der Waals surface area contributed by atoms with E-state index in [2.05, 4.69) is 24.9 Å². The first-order valence-electron chi connectivity index (χ1n) is 9.38. The summed E-state index contributed by atoms with van der Waals surface area (Å²) in [7, 11) is 0. The van der Waals surface area contributed by atoms with Crippen LogP contribution in [0, 0.1) is 0 Å². The molecule has 2 N–H and O–H groups in total. The molecule has 0 radical (unpaired) electrons. The Labute approximate surface area is 200 Å². The first-order chi connectivity index (χ1) is 15.6.